The van der Waals surface area contributed by atoms with E-state index in [1.54, 1.807) is 24.7 Å². The molecule has 2 rings (SSSR count). The molecule has 0 aliphatic heterocycles. The third-order valence-corrected chi connectivity index (χ3v) is 2.97. The van der Waals surface area contributed by atoms with Gasteiger partial charge in [-0.2, -0.15) is 0 Å². The summed E-state index contributed by atoms with van der Waals surface area (Å²) < 4.78 is 9.51. The minimum absolute atomic E-state index is 0.121. The van der Waals surface area contributed by atoms with Gasteiger partial charge in [0, 0.05) is 0 Å². The highest BCUT2D eigenvalue weighted by atomic mass is 31.1. The summed E-state index contributed by atoms with van der Waals surface area (Å²) in [6.45, 7) is 0. The molecule has 15 heavy (non-hydrogen) atoms. The van der Waals surface area contributed by atoms with Gasteiger partial charge in [0.2, 0.25) is 0 Å². The second-order valence-electron chi connectivity index (χ2n) is 3.80. The zero-order valence-corrected chi connectivity index (χ0v) is 10.3. The Morgan fingerprint density at radius 2 is 0.933 bits per heavy atom. The van der Waals surface area contributed by atoms with Crippen LogP contribution in [0.4, 0.5) is 0 Å². The van der Waals surface area contributed by atoms with E-state index >= 15 is 0 Å². The fraction of sp³-hybridized carbons (Fsp3) is 0.667. The van der Waals surface area contributed by atoms with Gasteiger partial charge in [-0.15, -0.1) is 0 Å². The molecule has 1 saturated carbocycles. The van der Waals surface area contributed by atoms with E-state index in [2.05, 4.69) is 0 Å². The number of rotatable bonds is 0. The molecule has 0 amide bonds. The molecule has 2 nitrogen and oxygen atoms in total. The maximum absolute atomic E-state index is 4.76. The summed E-state index contributed by atoms with van der Waals surface area (Å²) in [5.74, 6) is 0. The molecule has 0 bridgehead atoms. The standard InChI is InChI=1S/C8H16.C4H5O2P/c1-2-4-6-8-7-5-3-1;1-2-4-6-7-5-3-1/h1-8H2;1-4,7H. The van der Waals surface area contributed by atoms with Gasteiger partial charge in [0.25, 0.3) is 0 Å². The minimum Gasteiger partial charge on any atom is -0.430 e. The fourth-order valence-corrected chi connectivity index (χ4v) is 1.99. The van der Waals surface area contributed by atoms with E-state index in [0.29, 0.717) is 0 Å². The first-order valence-corrected chi connectivity index (χ1v) is 6.70. The van der Waals surface area contributed by atoms with Crippen LogP contribution in [0.25, 0.3) is 0 Å². The van der Waals surface area contributed by atoms with Crippen LogP contribution in [0.1, 0.15) is 51.4 Å². The second-order valence-corrected chi connectivity index (χ2v) is 4.44. The van der Waals surface area contributed by atoms with Crippen molar-refractivity contribution < 1.29 is 8.39 Å². The number of hydrogen-bond donors (Lipinski definition) is 0. The Hall–Kier alpha value is -0.620. The molecule has 0 N–H and O–H groups in total. The largest absolute Gasteiger partial charge is 0.430 e. The van der Waals surface area contributed by atoms with Crippen molar-refractivity contribution in [3.8, 4) is 0 Å². The van der Waals surface area contributed by atoms with Crippen LogP contribution in [-0.4, -0.2) is 0 Å². The van der Waals surface area contributed by atoms with Crippen molar-refractivity contribution in [2.75, 3.05) is 0 Å². The summed E-state index contributed by atoms with van der Waals surface area (Å²) in [6, 6.07) is 3.56. The van der Waals surface area contributed by atoms with E-state index in [1.807, 2.05) is 0 Å². The van der Waals surface area contributed by atoms with Crippen LogP contribution >= 0.6 is 8.67 Å². The van der Waals surface area contributed by atoms with Crippen LogP contribution in [0.5, 0.6) is 0 Å². The summed E-state index contributed by atoms with van der Waals surface area (Å²) in [5, 5.41) is 0. The molecular formula is C12H21O2P. The lowest BCUT2D eigenvalue weighted by atomic mass is 10.0. The van der Waals surface area contributed by atoms with Gasteiger partial charge in [0.15, 0.2) is 8.67 Å². The van der Waals surface area contributed by atoms with E-state index in [-0.39, 0.29) is 8.67 Å². The fourth-order valence-electron chi connectivity index (χ4n) is 1.67. The van der Waals surface area contributed by atoms with Gasteiger partial charge in [-0.25, -0.2) is 0 Å². The average Bonchev–Trinajstić information content (AvgIpc) is 2.48. The van der Waals surface area contributed by atoms with E-state index < -0.39 is 0 Å². The lowest BCUT2D eigenvalue weighted by Gasteiger charge is -2.05. The van der Waals surface area contributed by atoms with Crippen LogP contribution in [0.3, 0.4) is 0 Å². The first-order chi connectivity index (χ1) is 7.50. The molecular weight excluding hydrogens is 207 g/mol. The molecule has 0 saturated heterocycles. The first-order valence-electron chi connectivity index (χ1n) is 5.88. The number of hydrogen-bond acceptors (Lipinski definition) is 2. The van der Waals surface area contributed by atoms with Crippen LogP contribution in [0.2, 0.25) is 0 Å². The van der Waals surface area contributed by atoms with Gasteiger partial charge < -0.3 is 8.39 Å². The van der Waals surface area contributed by atoms with Crippen molar-refractivity contribution in [2.45, 2.75) is 51.4 Å². The SMILES string of the molecule is C1CCCCCCC1.c1cco[pH]oc1. The Morgan fingerprint density at radius 1 is 0.600 bits per heavy atom. The van der Waals surface area contributed by atoms with Crippen molar-refractivity contribution in [3.05, 3.63) is 24.7 Å². The Balaban J connectivity index is 0.000000151. The zero-order chi connectivity index (χ0) is 10.6. The van der Waals surface area contributed by atoms with Gasteiger partial charge in [-0.05, 0) is 12.1 Å². The molecule has 0 aromatic carbocycles. The normalized spacial score (nSPS) is 16.5. The van der Waals surface area contributed by atoms with Crippen molar-refractivity contribution in [2.24, 2.45) is 0 Å². The van der Waals surface area contributed by atoms with E-state index in [0.717, 1.165) is 0 Å². The maximum Gasteiger partial charge on any atom is 0.200 e. The monoisotopic (exact) mass is 228 g/mol. The minimum atomic E-state index is 0.121. The molecule has 1 fully saturated rings. The summed E-state index contributed by atoms with van der Waals surface area (Å²) in [4.78, 5) is 0. The van der Waals surface area contributed by atoms with Gasteiger partial charge in [-0.1, -0.05) is 51.4 Å². The van der Waals surface area contributed by atoms with Crippen molar-refractivity contribution in [1.29, 1.82) is 0 Å². The lowest BCUT2D eigenvalue weighted by molar-refractivity contribution is 0.504. The smallest absolute Gasteiger partial charge is 0.200 e. The summed E-state index contributed by atoms with van der Waals surface area (Å²) in [7, 11) is 0.121. The highest BCUT2D eigenvalue weighted by molar-refractivity contribution is 7.15. The van der Waals surface area contributed by atoms with Crippen LogP contribution < -0.4 is 0 Å². The first kappa shape index (κ1) is 12.4. The third-order valence-electron chi connectivity index (χ3n) is 2.50. The van der Waals surface area contributed by atoms with E-state index in [4.69, 9.17) is 8.39 Å². The quantitative estimate of drug-likeness (QED) is 0.613. The van der Waals surface area contributed by atoms with Crippen molar-refractivity contribution in [3.63, 3.8) is 0 Å². The molecule has 1 aliphatic carbocycles. The predicted octanol–water partition coefficient (Wildman–Crippen LogP) is 5.15. The second kappa shape index (κ2) is 9.92. The van der Waals surface area contributed by atoms with E-state index in [9.17, 15) is 0 Å². The molecule has 0 spiro atoms. The summed E-state index contributed by atoms with van der Waals surface area (Å²) >= 11 is 0. The Morgan fingerprint density at radius 3 is 1.27 bits per heavy atom. The van der Waals surface area contributed by atoms with Gasteiger partial charge in [-0.3, -0.25) is 0 Å². The van der Waals surface area contributed by atoms with Crippen molar-refractivity contribution >= 4 is 8.67 Å². The van der Waals surface area contributed by atoms with Gasteiger partial charge in [0.05, 0.1) is 12.5 Å². The predicted molar refractivity (Wildman–Crippen MR) is 65.0 cm³/mol. The van der Waals surface area contributed by atoms with Gasteiger partial charge >= 0.3 is 0 Å². The molecule has 0 atom stereocenters. The van der Waals surface area contributed by atoms with Crippen LogP contribution in [0.15, 0.2) is 33.1 Å². The topological polar surface area (TPSA) is 26.3 Å². The van der Waals surface area contributed by atoms with E-state index in [1.165, 1.54) is 51.4 Å². The maximum atomic E-state index is 4.76. The molecule has 1 aromatic rings. The van der Waals surface area contributed by atoms with Crippen LogP contribution in [-0.2, 0) is 0 Å². The highest BCUT2D eigenvalue weighted by Gasteiger charge is 1.95. The molecule has 3 heteroatoms. The summed E-state index contributed by atoms with van der Waals surface area (Å²) in [5.41, 5.74) is 0. The average molecular weight is 228 g/mol. The molecule has 0 unspecified atom stereocenters. The molecule has 0 radical (unpaired) electrons. The Bertz CT molecular complexity index is 172. The lowest BCUT2D eigenvalue weighted by Crippen LogP contribution is -1.85. The molecule has 86 valence electrons. The van der Waals surface area contributed by atoms with Gasteiger partial charge in [0.1, 0.15) is 0 Å². The third kappa shape index (κ3) is 8.38. The molecule has 1 heterocycles. The highest BCUT2D eigenvalue weighted by Crippen LogP contribution is 2.15. The van der Waals surface area contributed by atoms with Crippen LogP contribution in [0, 0.1) is 0 Å². The Labute approximate surface area is 93.7 Å². The molecule has 1 aliphatic rings. The zero-order valence-electron chi connectivity index (χ0n) is 9.28. The van der Waals surface area contributed by atoms with Crippen molar-refractivity contribution in [1.82, 2.24) is 0 Å². The summed E-state index contributed by atoms with van der Waals surface area (Å²) in [6.07, 6.45) is 15.2. The molecule has 1 aromatic heterocycles. The Kier molecular flexibility index (Phi) is 8.23.